The van der Waals surface area contributed by atoms with Crippen LogP contribution in [0.2, 0.25) is 0 Å². The summed E-state index contributed by atoms with van der Waals surface area (Å²) < 4.78 is 0.689. The highest BCUT2D eigenvalue weighted by Crippen LogP contribution is 2.17. The maximum Gasteiger partial charge on any atom is 0.253 e. The fourth-order valence-electron chi connectivity index (χ4n) is 2.83. The van der Waals surface area contributed by atoms with Crippen LogP contribution in [0.1, 0.15) is 27.9 Å². The first-order chi connectivity index (χ1) is 14.0. The van der Waals surface area contributed by atoms with E-state index in [9.17, 15) is 9.59 Å². The topological polar surface area (TPSA) is 49.4 Å². The maximum absolute atomic E-state index is 13.3. The van der Waals surface area contributed by atoms with E-state index >= 15 is 0 Å². The van der Waals surface area contributed by atoms with Crippen molar-refractivity contribution in [3.05, 3.63) is 69.7 Å². The fraction of sp³-hybridized carbons (Fsp3) is 0.304. The molecule has 0 aliphatic rings. The number of terminal acetylenes is 1. The van der Waals surface area contributed by atoms with Gasteiger partial charge in [-0.1, -0.05) is 47.9 Å². The summed E-state index contributed by atoms with van der Waals surface area (Å²) >= 11 is 5.03. The Morgan fingerprint density at radius 2 is 1.90 bits per heavy atom. The van der Waals surface area contributed by atoms with Gasteiger partial charge < -0.3 is 10.2 Å². The standard InChI is InChI=1S/C23H25BrN2O2S/c1-4-14-26(16-18-11-9-17(2)10-12-18)23(28)21(13-15-29-3)25-22(27)19-7-5-6-8-20(19)24/h1,5-12,21H,13-16H2,2-3H3,(H,25,27). The third-order valence-electron chi connectivity index (χ3n) is 4.42. The second-order valence-corrected chi connectivity index (χ2v) is 8.51. The Kier molecular flexibility index (Phi) is 9.30. The van der Waals surface area contributed by atoms with Crippen LogP contribution in [0.4, 0.5) is 0 Å². The van der Waals surface area contributed by atoms with Crippen molar-refractivity contribution in [3.63, 3.8) is 0 Å². The van der Waals surface area contributed by atoms with E-state index in [2.05, 4.69) is 27.2 Å². The molecule has 0 saturated heterocycles. The van der Waals surface area contributed by atoms with Crippen LogP contribution in [0.25, 0.3) is 0 Å². The molecule has 29 heavy (non-hydrogen) atoms. The van der Waals surface area contributed by atoms with Gasteiger partial charge in [0.05, 0.1) is 12.1 Å². The Labute approximate surface area is 185 Å². The lowest BCUT2D eigenvalue weighted by Crippen LogP contribution is -2.48. The lowest BCUT2D eigenvalue weighted by molar-refractivity contribution is -0.133. The first kappa shape index (κ1) is 23.1. The van der Waals surface area contributed by atoms with Crippen molar-refractivity contribution in [2.24, 2.45) is 0 Å². The smallest absolute Gasteiger partial charge is 0.253 e. The lowest BCUT2D eigenvalue weighted by atomic mass is 10.1. The number of thioether (sulfide) groups is 1. The Hall–Kier alpha value is -2.23. The van der Waals surface area contributed by atoms with Gasteiger partial charge in [0.1, 0.15) is 6.04 Å². The van der Waals surface area contributed by atoms with Crippen molar-refractivity contribution in [2.75, 3.05) is 18.6 Å². The number of nitrogens with zero attached hydrogens (tertiary/aromatic N) is 1. The van der Waals surface area contributed by atoms with Gasteiger partial charge in [0.25, 0.3) is 5.91 Å². The van der Waals surface area contributed by atoms with Gasteiger partial charge in [-0.15, -0.1) is 6.42 Å². The van der Waals surface area contributed by atoms with Gasteiger partial charge in [0.2, 0.25) is 5.91 Å². The quantitative estimate of drug-likeness (QED) is 0.554. The zero-order chi connectivity index (χ0) is 21.2. The SMILES string of the molecule is C#CCN(Cc1ccc(C)cc1)C(=O)C(CCSC)NC(=O)c1ccccc1Br. The largest absolute Gasteiger partial charge is 0.340 e. The van der Waals surface area contributed by atoms with E-state index in [0.717, 1.165) is 16.9 Å². The van der Waals surface area contributed by atoms with E-state index in [-0.39, 0.29) is 18.4 Å². The van der Waals surface area contributed by atoms with Gasteiger partial charge in [0, 0.05) is 11.0 Å². The summed E-state index contributed by atoms with van der Waals surface area (Å²) in [7, 11) is 0. The molecule has 0 saturated carbocycles. The van der Waals surface area contributed by atoms with Crippen LogP contribution in [0, 0.1) is 19.3 Å². The Bertz CT molecular complexity index is 877. The predicted molar refractivity (Wildman–Crippen MR) is 124 cm³/mol. The molecule has 0 spiro atoms. The molecule has 1 N–H and O–H groups in total. The van der Waals surface area contributed by atoms with E-state index < -0.39 is 6.04 Å². The summed E-state index contributed by atoms with van der Waals surface area (Å²) in [6, 6.07) is 14.5. The summed E-state index contributed by atoms with van der Waals surface area (Å²) in [5.41, 5.74) is 2.65. The van der Waals surface area contributed by atoms with Crippen LogP contribution < -0.4 is 5.32 Å². The molecule has 2 aromatic rings. The minimum Gasteiger partial charge on any atom is -0.340 e. The number of carbonyl (C=O) groups is 2. The van der Waals surface area contributed by atoms with Crippen molar-refractivity contribution in [1.29, 1.82) is 0 Å². The van der Waals surface area contributed by atoms with E-state index in [1.807, 2.05) is 43.5 Å². The van der Waals surface area contributed by atoms with Crippen LogP contribution >= 0.6 is 27.7 Å². The number of aryl methyl sites for hydroxylation is 1. The maximum atomic E-state index is 13.3. The molecule has 0 aliphatic carbocycles. The summed E-state index contributed by atoms with van der Waals surface area (Å²) in [6.07, 6.45) is 8.02. The summed E-state index contributed by atoms with van der Waals surface area (Å²) in [5, 5.41) is 2.90. The molecular formula is C23H25BrN2O2S. The second-order valence-electron chi connectivity index (χ2n) is 6.67. The van der Waals surface area contributed by atoms with Crippen molar-refractivity contribution in [2.45, 2.75) is 25.9 Å². The van der Waals surface area contributed by atoms with Crippen LogP contribution in [0.5, 0.6) is 0 Å². The minimum atomic E-state index is -0.638. The number of benzene rings is 2. The number of carbonyl (C=O) groups excluding carboxylic acids is 2. The molecule has 0 bridgehead atoms. The molecule has 1 atom stereocenters. The average molecular weight is 473 g/mol. The Morgan fingerprint density at radius 1 is 1.21 bits per heavy atom. The van der Waals surface area contributed by atoms with Crippen LogP contribution in [0.3, 0.4) is 0 Å². The van der Waals surface area contributed by atoms with E-state index in [1.54, 1.807) is 34.9 Å². The van der Waals surface area contributed by atoms with E-state index in [4.69, 9.17) is 6.42 Å². The zero-order valence-electron chi connectivity index (χ0n) is 16.7. The molecule has 6 heteroatoms. The molecule has 0 fully saturated rings. The lowest BCUT2D eigenvalue weighted by Gasteiger charge is -2.27. The minimum absolute atomic E-state index is 0.169. The molecule has 1 unspecified atom stereocenters. The zero-order valence-corrected chi connectivity index (χ0v) is 19.1. The van der Waals surface area contributed by atoms with Crippen molar-refractivity contribution < 1.29 is 9.59 Å². The molecule has 0 heterocycles. The Morgan fingerprint density at radius 3 is 2.52 bits per heavy atom. The molecule has 2 amide bonds. The molecule has 2 rings (SSSR count). The van der Waals surface area contributed by atoms with Gasteiger partial charge in [-0.25, -0.2) is 0 Å². The Balaban J connectivity index is 2.19. The van der Waals surface area contributed by atoms with Crippen LogP contribution in [-0.2, 0) is 11.3 Å². The van der Waals surface area contributed by atoms with Gasteiger partial charge in [-0.05, 0) is 59.0 Å². The summed E-state index contributed by atoms with van der Waals surface area (Å²) in [6.45, 7) is 2.61. The monoisotopic (exact) mass is 472 g/mol. The molecule has 152 valence electrons. The molecule has 4 nitrogen and oxygen atoms in total. The highest BCUT2D eigenvalue weighted by Gasteiger charge is 2.26. The average Bonchev–Trinajstić information content (AvgIpc) is 2.72. The normalized spacial score (nSPS) is 11.4. The van der Waals surface area contributed by atoms with Crippen molar-refractivity contribution in [3.8, 4) is 12.3 Å². The molecule has 2 aromatic carbocycles. The second kappa shape index (κ2) is 11.7. The number of amides is 2. The summed E-state index contributed by atoms with van der Waals surface area (Å²) in [4.78, 5) is 27.6. The highest BCUT2D eigenvalue weighted by molar-refractivity contribution is 9.10. The first-order valence-electron chi connectivity index (χ1n) is 9.28. The van der Waals surface area contributed by atoms with Gasteiger partial charge in [-0.2, -0.15) is 11.8 Å². The molecule has 0 radical (unpaired) electrons. The third kappa shape index (κ3) is 6.95. The van der Waals surface area contributed by atoms with Crippen molar-refractivity contribution >= 4 is 39.5 Å². The van der Waals surface area contributed by atoms with Gasteiger partial charge in [-0.3, -0.25) is 9.59 Å². The highest BCUT2D eigenvalue weighted by atomic mass is 79.9. The number of halogens is 1. The van der Waals surface area contributed by atoms with E-state index in [0.29, 0.717) is 23.0 Å². The van der Waals surface area contributed by atoms with Crippen LogP contribution in [0.15, 0.2) is 53.0 Å². The number of rotatable bonds is 9. The number of hydrogen-bond acceptors (Lipinski definition) is 3. The molecule has 0 aliphatic heterocycles. The van der Waals surface area contributed by atoms with E-state index in [1.165, 1.54) is 0 Å². The number of hydrogen-bond donors (Lipinski definition) is 1. The fourth-order valence-corrected chi connectivity index (χ4v) is 3.77. The first-order valence-corrected chi connectivity index (χ1v) is 11.5. The van der Waals surface area contributed by atoms with Gasteiger partial charge >= 0.3 is 0 Å². The van der Waals surface area contributed by atoms with Crippen LogP contribution in [-0.4, -0.2) is 41.3 Å². The molecule has 0 aromatic heterocycles. The molecular weight excluding hydrogens is 448 g/mol. The summed E-state index contributed by atoms with van der Waals surface area (Å²) in [5.74, 6) is 2.86. The van der Waals surface area contributed by atoms with Crippen molar-refractivity contribution in [1.82, 2.24) is 10.2 Å². The predicted octanol–water partition coefficient (Wildman–Crippen LogP) is 4.27. The number of nitrogens with one attached hydrogen (secondary N) is 1. The van der Waals surface area contributed by atoms with Gasteiger partial charge in [0.15, 0.2) is 0 Å². The third-order valence-corrected chi connectivity index (χ3v) is 5.76.